The Labute approximate surface area is 208 Å². The highest BCUT2D eigenvalue weighted by atomic mass is 35.5. The number of halogens is 1. The van der Waals surface area contributed by atoms with Crippen LogP contribution in [0.1, 0.15) is 34.1 Å². The van der Waals surface area contributed by atoms with Crippen LogP contribution in [0.25, 0.3) is 0 Å². The molecule has 0 aliphatic carbocycles. The summed E-state index contributed by atoms with van der Waals surface area (Å²) in [5.74, 6) is 0.924. The first kappa shape index (κ1) is 24.4. The first-order valence-electron chi connectivity index (χ1n) is 11.1. The fourth-order valence-electron chi connectivity index (χ4n) is 3.43. The molecule has 1 atom stereocenters. The number of likely N-dealkylation sites (tertiary alicyclic amines) is 1. The molecule has 1 N–H and O–H groups in total. The molecule has 0 radical (unpaired) electrons. The Bertz CT molecular complexity index is 1200. The van der Waals surface area contributed by atoms with Gasteiger partial charge in [0.05, 0.1) is 17.8 Å². The molecule has 182 valence electrons. The number of anilines is 1. The van der Waals surface area contributed by atoms with Crippen molar-refractivity contribution in [2.24, 2.45) is 0 Å². The van der Waals surface area contributed by atoms with Crippen molar-refractivity contribution >= 4 is 29.2 Å². The SMILES string of the molecule is COC[C@H](C)Oc1cc(Oc2ccc(C(=O)N3CCC3)cc2Cl)cc(C(=O)Nc2cnccn2)c1. The zero-order chi connectivity index (χ0) is 24.8. The lowest BCUT2D eigenvalue weighted by molar-refractivity contribution is 0.0651. The van der Waals surface area contributed by atoms with Gasteiger partial charge in [-0.25, -0.2) is 4.98 Å². The maximum Gasteiger partial charge on any atom is 0.257 e. The molecule has 35 heavy (non-hydrogen) atoms. The highest BCUT2D eigenvalue weighted by Gasteiger charge is 2.22. The largest absolute Gasteiger partial charge is 0.488 e. The summed E-state index contributed by atoms with van der Waals surface area (Å²) in [7, 11) is 1.58. The lowest BCUT2D eigenvalue weighted by Crippen LogP contribution is -2.41. The van der Waals surface area contributed by atoms with E-state index in [2.05, 4.69) is 15.3 Å². The third-order valence-corrected chi connectivity index (χ3v) is 5.53. The van der Waals surface area contributed by atoms with Crippen molar-refractivity contribution < 1.29 is 23.8 Å². The van der Waals surface area contributed by atoms with Gasteiger partial charge < -0.3 is 24.4 Å². The van der Waals surface area contributed by atoms with Crippen LogP contribution in [0.2, 0.25) is 5.02 Å². The molecule has 9 nitrogen and oxygen atoms in total. The van der Waals surface area contributed by atoms with Crippen molar-refractivity contribution in [1.82, 2.24) is 14.9 Å². The fourth-order valence-corrected chi connectivity index (χ4v) is 3.65. The molecular formula is C25H25ClN4O5. The van der Waals surface area contributed by atoms with Gasteiger partial charge in [0.1, 0.15) is 23.4 Å². The Hall–Kier alpha value is -3.69. The van der Waals surface area contributed by atoms with Crippen molar-refractivity contribution in [3.63, 3.8) is 0 Å². The summed E-state index contributed by atoms with van der Waals surface area (Å²) >= 11 is 6.43. The number of hydrogen-bond acceptors (Lipinski definition) is 7. The number of hydrogen-bond donors (Lipinski definition) is 1. The molecule has 3 aromatic rings. The molecule has 0 bridgehead atoms. The quantitative estimate of drug-likeness (QED) is 0.467. The second-order valence-electron chi connectivity index (χ2n) is 8.01. The van der Waals surface area contributed by atoms with Crippen LogP contribution in [0.4, 0.5) is 5.82 Å². The van der Waals surface area contributed by atoms with E-state index in [9.17, 15) is 9.59 Å². The van der Waals surface area contributed by atoms with E-state index in [-0.39, 0.29) is 22.6 Å². The molecule has 1 aliphatic rings. The highest BCUT2D eigenvalue weighted by Crippen LogP contribution is 2.33. The lowest BCUT2D eigenvalue weighted by atomic mass is 10.1. The first-order chi connectivity index (χ1) is 16.9. The van der Waals surface area contributed by atoms with Crippen molar-refractivity contribution in [2.75, 3.05) is 32.1 Å². The maximum absolute atomic E-state index is 12.9. The van der Waals surface area contributed by atoms with Crippen molar-refractivity contribution in [2.45, 2.75) is 19.4 Å². The summed E-state index contributed by atoms with van der Waals surface area (Å²) < 4.78 is 17.0. The van der Waals surface area contributed by atoms with Gasteiger partial charge in [-0.2, -0.15) is 0 Å². The van der Waals surface area contributed by atoms with Gasteiger partial charge in [-0.3, -0.25) is 14.6 Å². The smallest absolute Gasteiger partial charge is 0.257 e. The topological polar surface area (TPSA) is 103 Å². The Kier molecular flexibility index (Phi) is 7.79. The zero-order valence-electron chi connectivity index (χ0n) is 19.4. The fraction of sp³-hybridized carbons (Fsp3) is 0.280. The van der Waals surface area contributed by atoms with Crippen LogP contribution in [-0.4, -0.2) is 59.6 Å². The van der Waals surface area contributed by atoms with Crippen molar-refractivity contribution in [3.05, 3.63) is 71.1 Å². The van der Waals surface area contributed by atoms with E-state index < -0.39 is 5.91 Å². The van der Waals surface area contributed by atoms with Crippen LogP contribution in [-0.2, 0) is 4.74 Å². The first-order valence-corrected chi connectivity index (χ1v) is 11.5. The van der Waals surface area contributed by atoms with Crippen LogP contribution < -0.4 is 14.8 Å². The number of carbonyl (C=O) groups excluding carboxylic acids is 2. The zero-order valence-corrected chi connectivity index (χ0v) is 20.1. The van der Waals surface area contributed by atoms with E-state index in [1.165, 1.54) is 18.6 Å². The van der Waals surface area contributed by atoms with E-state index in [0.717, 1.165) is 19.5 Å². The number of benzene rings is 2. The van der Waals surface area contributed by atoms with Gasteiger partial charge >= 0.3 is 0 Å². The molecule has 2 heterocycles. The van der Waals surface area contributed by atoms with Gasteiger partial charge in [-0.05, 0) is 43.7 Å². The van der Waals surface area contributed by atoms with Gasteiger partial charge in [0, 0.05) is 49.8 Å². The number of nitrogens with one attached hydrogen (secondary N) is 1. The minimum Gasteiger partial charge on any atom is -0.488 e. The molecule has 1 fully saturated rings. The molecule has 1 saturated heterocycles. The van der Waals surface area contributed by atoms with Crippen LogP contribution >= 0.6 is 11.6 Å². The van der Waals surface area contributed by atoms with Crippen molar-refractivity contribution in [1.29, 1.82) is 0 Å². The van der Waals surface area contributed by atoms with Gasteiger partial charge in [0.15, 0.2) is 5.82 Å². The summed E-state index contributed by atoms with van der Waals surface area (Å²) in [5, 5.41) is 2.97. The van der Waals surface area contributed by atoms with E-state index >= 15 is 0 Å². The number of rotatable bonds is 9. The van der Waals surface area contributed by atoms with Gasteiger partial charge in [0.2, 0.25) is 0 Å². The summed E-state index contributed by atoms with van der Waals surface area (Å²) in [5.41, 5.74) is 0.782. The third-order valence-electron chi connectivity index (χ3n) is 5.24. The van der Waals surface area contributed by atoms with Crippen LogP contribution in [0.3, 0.4) is 0 Å². The molecule has 0 saturated carbocycles. The Morgan fingerprint density at radius 2 is 1.91 bits per heavy atom. The summed E-state index contributed by atoms with van der Waals surface area (Å²) in [6.45, 7) is 3.72. The molecule has 10 heteroatoms. The normalized spacial score (nSPS) is 13.5. The van der Waals surface area contributed by atoms with E-state index in [1.807, 2.05) is 6.92 Å². The third kappa shape index (κ3) is 6.26. The van der Waals surface area contributed by atoms with E-state index in [4.69, 9.17) is 25.8 Å². The molecule has 0 spiro atoms. The number of carbonyl (C=O) groups is 2. The molecule has 2 aromatic carbocycles. The number of nitrogens with zero attached hydrogens (tertiary/aromatic N) is 3. The second-order valence-corrected chi connectivity index (χ2v) is 8.42. The average molecular weight is 497 g/mol. The number of methoxy groups -OCH3 is 1. The van der Waals surface area contributed by atoms with E-state index in [1.54, 1.807) is 48.4 Å². The Morgan fingerprint density at radius 3 is 2.57 bits per heavy atom. The predicted molar refractivity (Wildman–Crippen MR) is 130 cm³/mol. The van der Waals surface area contributed by atoms with Gasteiger partial charge in [-0.1, -0.05) is 11.6 Å². The number of aromatic nitrogens is 2. The van der Waals surface area contributed by atoms with Crippen LogP contribution in [0.15, 0.2) is 55.0 Å². The number of ether oxygens (including phenoxy) is 3. The molecule has 1 aliphatic heterocycles. The van der Waals surface area contributed by atoms with Crippen LogP contribution in [0, 0.1) is 0 Å². The molecule has 4 rings (SSSR count). The van der Waals surface area contributed by atoms with E-state index in [0.29, 0.717) is 35.2 Å². The summed E-state index contributed by atoms with van der Waals surface area (Å²) in [6, 6.07) is 9.71. The molecular weight excluding hydrogens is 472 g/mol. The Morgan fingerprint density at radius 1 is 1.11 bits per heavy atom. The highest BCUT2D eigenvalue weighted by molar-refractivity contribution is 6.32. The average Bonchev–Trinajstić information content (AvgIpc) is 2.80. The van der Waals surface area contributed by atoms with Crippen molar-refractivity contribution in [3.8, 4) is 17.2 Å². The molecule has 1 aromatic heterocycles. The maximum atomic E-state index is 12.9. The van der Waals surface area contributed by atoms with Gasteiger partial charge in [-0.15, -0.1) is 0 Å². The monoisotopic (exact) mass is 496 g/mol. The molecule has 0 unspecified atom stereocenters. The summed E-state index contributed by atoms with van der Waals surface area (Å²) in [6.07, 6.45) is 5.18. The predicted octanol–water partition coefficient (Wildman–Crippen LogP) is 4.43. The minimum atomic E-state index is -0.415. The minimum absolute atomic E-state index is 0.0600. The Balaban J connectivity index is 1.58. The second kappa shape index (κ2) is 11.2. The standard InChI is InChI=1S/C25H25ClN4O5/c1-16(15-33-2)34-19-10-18(24(31)29-23-14-27-6-7-28-23)11-20(13-19)35-22-5-4-17(12-21(22)26)25(32)30-8-3-9-30/h4-7,10-14,16H,3,8-9,15H2,1-2H3,(H,28,29,31)/t16-/m0/s1. The number of amides is 2. The lowest BCUT2D eigenvalue weighted by Gasteiger charge is -2.31. The molecule has 2 amide bonds. The van der Waals surface area contributed by atoms with Crippen LogP contribution in [0.5, 0.6) is 17.2 Å². The summed E-state index contributed by atoms with van der Waals surface area (Å²) in [4.78, 5) is 35.1. The van der Waals surface area contributed by atoms with Gasteiger partial charge in [0.25, 0.3) is 11.8 Å².